The topological polar surface area (TPSA) is 106 Å². The van der Waals surface area contributed by atoms with Gasteiger partial charge in [0.25, 0.3) is 11.5 Å². The molecule has 1 fully saturated rings. The van der Waals surface area contributed by atoms with Crippen molar-refractivity contribution in [3.8, 4) is 11.5 Å². The normalized spacial score (nSPS) is 13.8. The van der Waals surface area contributed by atoms with Gasteiger partial charge in [-0.2, -0.15) is 5.10 Å². The van der Waals surface area contributed by atoms with Crippen LogP contribution >= 0.6 is 0 Å². The fourth-order valence-electron chi connectivity index (χ4n) is 3.33. The average Bonchev–Trinajstić information content (AvgIpc) is 2.74. The highest BCUT2D eigenvalue weighted by atomic mass is 16.5. The highest BCUT2D eigenvalue weighted by molar-refractivity contribution is 6.06. The maximum Gasteiger partial charge on any atom is 0.277 e. The molecule has 9 nitrogen and oxygen atoms in total. The van der Waals surface area contributed by atoms with Crippen LogP contribution in [-0.2, 0) is 4.74 Å². The van der Waals surface area contributed by atoms with E-state index in [1.54, 1.807) is 19.9 Å². The number of anilines is 2. The van der Waals surface area contributed by atoms with Gasteiger partial charge in [-0.25, -0.2) is 5.10 Å². The molecule has 1 saturated heterocycles. The molecule has 9 heteroatoms. The Kier molecular flexibility index (Phi) is 6.94. The number of nitrogens with one attached hydrogen (secondary N) is 2. The first kappa shape index (κ1) is 21.6. The van der Waals surface area contributed by atoms with Crippen molar-refractivity contribution in [3.63, 3.8) is 0 Å². The van der Waals surface area contributed by atoms with Crippen LogP contribution in [0.5, 0.6) is 11.5 Å². The standard InChI is InChI=1S/C21H28N4O5/c1-5-29-17-12-16(25-7-9-28-10-8-25)18(30-6-2)11-15(17)22-20(26)19-13(3)14(4)23-24-21(19)27/h11-12H,5-10H2,1-4H3,(H,22,26)(H,24,27). The van der Waals surface area contributed by atoms with E-state index in [1.807, 2.05) is 19.9 Å². The summed E-state index contributed by atoms with van der Waals surface area (Å²) in [7, 11) is 0. The number of rotatable bonds is 7. The van der Waals surface area contributed by atoms with Gasteiger partial charge in [-0.15, -0.1) is 0 Å². The lowest BCUT2D eigenvalue weighted by Crippen LogP contribution is -2.36. The number of H-pyrrole nitrogens is 1. The Morgan fingerprint density at radius 2 is 1.83 bits per heavy atom. The number of carbonyl (C=O) groups excluding carboxylic acids is 1. The summed E-state index contributed by atoms with van der Waals surface area (Å²) in [5, 5.41) is 9.07. The molecule has 0 atom stereocenters. The molecule has 1 aliphatic heterocycles. The van der Waals surface area contributed by atoms with E-state index in [2.05, 4.69) is 20.4 Å². The molecule has 1 amide bonds. The summed E-state index contributed by atoms with van der Waals surface area (Å²) < 4.78 is 17.1. The monoisotopic (exact) mass is 416 g/mol. The average molecular weight is 416 g/mol. The summed E-state index contributed by atoms with van der Waals surface area (Å²) in [5.74, 6) is 0.618. The maximum absolute atomic E-state index is 12.9. The van der Waals surface area contributed by atoms with Crippen molar-refractivity contribution in [3.05, 3.63) is 39.3 Å². The largest absolute Gasteiger partial charge is 0.492 e. The highest BCUT2D eigenvalue weighted by Gasteiger charge is 2.22. The van der Waals surface area contributed by atoms with E-state index in [4.69, 9.17) is 14.2 Å². The first-order chi connectivity index (χ1) is 14.5. The van der Waals surface area contributed by atoms with Crippen LogP contribution in [0.4, 0.5) is 11.4 Å². The van der Waals surface area contributed by atoms with E-state index in [0.29, 0.717) is 54.9 Å². The molecule has 0 spiro atoms. The van der Waals surface area contributed by atoms with Gasteiger partial charge in [-0.05, 0) is 33.3 Å². The van der Waals surface area contributed by atoms with E-state index in [9.17, 15) is 9.59 Å². The minimum atomic E-state index is -0.538. The van der Waals surface area contributed by atoms with Gasteiger partial charge in [0, 0.05) is 25.2 Å². The van der Waals surface area contributed by atoms with E-state index >= 15 is 0 Å². The molecule has 30 heavy (non-hydrogen) atoms. The van der Waals surface area contributed by atoms with Crippen molar-refractivity contribution in [1.82, 2.24) is 10.2 Å². The second-order valence-corrected chi connectivity index (χ2v) is 6.87. The van der Waals surface area contributed by atoms with Crippen molar-refractivity contribution in [1.29, 1.82) is 0 Å². The Labute approximate surface area is 175 Å². The summed E-state index contributed by atoms with van der Waals surface area (Å²) >= 11 is 0. The van der Waals surface area contributed by atoms with E-state index < -0.39 is 11.5 Å². The number of nitrogens with zero attached hydrogens (tertiary/aromatic N) is 2. The molecule has 0 radical (unpaired) electrons. The quantitative estimate of drug-likeness (QED) is 0.713. The first-order valence-corrected chi connectivity index (χ1v) is 10.1. The van der Waals surface area contributed by atoms with Gasteiger partial charge in [-0.3, -0.25) is 9.59 Å². The van der Waals surface area contributed by atoms with Gasteiger partial charge in [0.2, 0.25) is 0 Å². The maximum atomic E-state index is 12.9. The molecule has 2 aromatic rings. The molecule has 2 N–H and O–H groups in total. The molecule has 162 valence electrons. The minimum absolute atomic E-state index is 0.0279. The van der Waals surface area contributed by atoms with Crippen LogP contribution in [0, 0.1) is 13.8 Å². The SMILES string of the molecule is CCOc1cc(N2CCOCC2)c(OCC)cc1NC(=O)c1c(C)c(C)n[nH]c1=O. The predicted octanol–water partition coefficient (Wildman–Crippen LogP) is 2.27. The van der Waals surface area contributed by atoms with Gasteiger partial charge >= 0.3 is 0 Å². The van der Waals surface area contributed by atoms with Crippen molar-refractivity contribution in [2.75, 3.05) is 49.7 Å². The van der Waals surface area contributed by atoms with Gasteiger partial charge in [0.15, 0.2) is 0 Å². The number of aromatic amines is 1. The van der Waals surface area contributed by atoms with Gasteiger partial charge in [-0.1, -0.05) is 0 Å². The highest BCUT2D eigenvalue weighted by Crippen LogP contribution is 2.39. The Hall–Kier alpha value is -3.07. The lowest BCUT2D eigenvalue weighted by molar-refractivity contribution is 0.102. The summed E-state index contributed by atoms with van der Waals surface area (Å²) in [4.78, 5) is 27.3. The van der Waals surface area contributed by atoms with Crippen molar-refractivity contribution in [2.45, 2.75) is 27.7 Å². The second-order valence-electron chi connectivity index (χ2n) is 6.87. The third-order valence-electron chi connectivity index (χ3n) is 4.96. The van der Waals surface area contributed by atoms with Crippen LogP contribution < -0.4 is 25.2 Å². The number of morpholine rings is 1. The zero-order valence-corrected chi connectivity index (χ0v) is 17.8. The van der Waals surface area contributed by atoms with Crippen molar-refractivity contribution in [2.24, 2.45) is 0 Å². The summed E-state index contributed by atoms with van der Waals surface area (Å²) in [6.45, 7) is 10.9. The zero-order valence-electron chi connectivity index (χ0n) is 17.8. The van der Waals surface area contributed by atoms with Crippen LogP contribution in [-0.4, -0.2) is 55.6 Å². The van der Waals surface area contributed by atoms with Crippen LogP contribution in [0.1, 0.15) is 35.5 Å². The van der Waals surface area contributed by atoms with Crippen LogP contribution in [0.15, 0.2) is 16.9 Å². The van der Waals surface area contributed by atoms with Crippen molar-refractivity contribution < 1.29 is 19.0 Å². The first-order valence-electron chi connectivity index (χ1n) is 10.1. The lowest BCUT2D eigenvalue weighted by Gasteiger charge is -2.31. The number of benzene rings is 1. The van der Waals surface area contributed by atoms with Crippen LogP contribution in [0.25, 0.3) is 0 Å². The molecule has 0 aliphatic carbocycles. The smallest absolute Gasteiger partial charge is 0.277 e. The Morgan fingerprint density at radius 1 is 1.17 bits per heavy atom. The Morgan fingerprint density at radius 3 is 2.50 bits per heavy atom. The molecular weight excluding hydrogens is 388 g/mol. The molecule has 0 saturated carbocycles. The number of aromatic nitrogens is 2. The van der Waals surface area contributed by atoms with E-state index in [-0.39, 0.29) is 5.56 Å². The molecule has 1 aromatic heterocycles. The number of hydrogen-bond donors (Lipinski definition) is 2. The second kappa shape index (κ2) is 9.62. The molecule has 3 rings (SSSR count). The molecule has 0 unspecified atom stereocenters. The summed E-state index contributed by atoms with van der Waals surface area (Å²) in [6.07, 6.45) is 0. The lowest BCUT2D eigenvalue weighted by atomic mass is 10.1. The number of carbonyl (C=O) groups is 1. The fourth-order valence-corrected chi connectivity index (χ4v) is 3.33. The van der Waals surface area contributed by atoms with Gasteiger partial charge in [0.1, 0.15) is 17.1 Å². The Bertz CT molecular complexity index is 967. The molecule has 2 heterocycles. The predicted molar refractivity (Wildman–Crippen MR) is 114 cm³/mol. The minimum Gasteiger partial charge on any atom is -0.492 e. The van der Waals surface area contributed by atoms with E-state index in [0.717, 1.165) is 18.8 Å². The third kappa shape index (κ3) is 4.56. The zero-order chi connectivity index (χ0) is 21.7. The number of ether oxygens (including phenoxy) is 3. The number of aryl methyl sites for hydroxylation is 1. The van der Waals surface area contributed by atoms with Gasteiger partial charge < -0.3 is 24.4 Å². The number of amides is 1. The summed E-state index contributed by atoms with van der Waals surface area (Å²) in [5.41, 5.74) is 1.93. The summed E-state index contributed by atoms with van der Waals surface area (Å²) in [6, 6.07) is 3.61. The fraction of sp³-hybridized carbons (Fsp3) is 0.476. The van der Waals surface area contributed by atoms with Crippen LogP contribution in [0.2, 0.25) is 0 Å². The molecular formula is C21H28N4O5. The Balaban J connectivity index is 2.01. The van der Waals surface area contributed by atoms with Crippen LogP contribution in [0.3, 0.4) is 0 Å². The van der Waals surface area contributed by atoms with Crippen molar-refractivity contribution >= 4 is 17.3 Å². The molecule has 1 aromatic carbocycles. The third-order valence-corrected chi connectivity index (χ3v) is 4.96. The molecule has 0 bridgehead atoms. The van der Waals surface area contributed by atoms with E-state index in [1.165, 1.54) is 0 Å². The number of hydrogen-bond acceptors (Lipinski definition) is 7. The molecule has 1 aliphatic rings. The van der Waals surface area contributed by atoms with Gasteiger partial charge in [0.05, 0.1) is 43.5 Å².